The van der Waals surface area contributed by atoms with Crippen molar-refractivity contribution >= 4 is 22.4 Å². The number of fused-ring (bicyclic) bond motifs is 3. The molecule has 6 heteroatoms. The minimum absolute atomic E-state index is 0. The maximum Gasteiger partial charge on any atom is 0.134 e. The van der Waals surface area contributed by atoms with Gasteiger partial charge in [0.05, 0.1) is 11.0 Å². The summed E-state index contributed by atoms with van der Waals surface area (Å²) in [5, 5.41) is 4.32. The van der Waals surface area contributed by atoms with Crippen LogP contribution < -0.4 is 0 Å². The van der Waals surface area contributed by atoms with E-state index in [1.165, 1.54) is 0 Å². The maximum absolute atomic E-state index is 4.58. The molecular weight excluding hydrogens is 351 g/mol. The molecule has 1 aromatic carbocycles. The van der Waals surface area contributed by atoms with Crippen LogP contribution in [0, 0.1) is 12.4 Å². The molecule has 0 unspecified atom stereocenters. The minimum atomic E-state index is 0. The smallest absolute Gasteiger partial charge is 0.134 e. The first-order chi connectivity index (χ1) is 10.3. The molecule has 0 N–H and O–H groups in total. The van der Waals surface area contributed by atoms with Crippen molar-refractivity contribution in [1.82, 2.24) is 24.1 Å². The topological polar surface area (TPSA) is 48.0 Å². The van der Waals surface area contributed by atoms with Crippen LogP contribution in [0.25, 0.3) is 22.4 Å². The Bertz CT molecular complexity index is 952. The fourth-order valence-electron chi connectivity index (χ4n) is 2.28. The summed E-state index contributed by atoms with van der Waals surface area (Å²) >= 11 is 0. The van der Waals surface area contributed by atoms with Gasteiger partial charge in [-0.15, -0.1) is 18.5 Å². The Morgan fingerprint density at radius 2 is 2.05 bits per heavy atom. The number of hydrogen-bond donors (Lipinski definition) is 0. The third kappa shape index (κ3) is 2.51. The molecule has 5 nitrogen and oxygen atoms in total. The summed E-state index contributed by atoms with van der Waals surface area (Å²) in [6.45, 7) is 1.95. The number of nitrogens with zero attached hydrogens (tertiary/aromatic N) is 5. The molecule has 22 heavy (non-hydrogen) atoms. The first-order valence-electron chi connectivity index (χ1n) is 6.57. The van der Waals surface area contributed by atoms with E-state index in [1.807, 2.05) is 47.7 Å². The molecule has 1 radical (unpaired) electrons. The summed E-state index contributed by atoms with van der Waals surface area (Å²) in [5.74, 6) is 0.736. The molecule has 0 fully saturated rings. The van der Waals surface area contributed by atoms with Crippen LogP contribution in [-0.4, -0.2) is 24.1 Å². The van der Waals surface area contributed by atoms with Crippen molar-refractivity contribution in [3.05, 3.63) is 66.9 Å². The van der Waals surface area contributed by atoms with Gasteiger partial charge in [-0.3, -0.25) is 4.98 Å². The predicted molar refractivity (Wildman–Crippen MR) is 79.3 cm³/mol. The normalized spacial score (nSPS) is 11.8. The van der Waals surface area contributed by atoms with Crippen LogP contribution in [0.3, 0.4) is 0 Å². The number of hydrogen-bond acceptors (Lipinski definition) is 3. The van der Waals surface area contributed by atoms with Crippen LogP contribution in [-0.2, 0) is 32.7 Å². The van der Waals surface area contributed by atoms with E-state index in [9.17, 15) is 0 Å². The fourth-order valence-corrected chi connectivity index (χ4v) is 2.28. The van der Waals surface area contributed by atoms with Gasteiger partial charge in [0, 0.05) is 32.7 Å². The number of benzene rings is 1. The van der Waals surface area contributed by atoms with Crippen LogP contribution in [0.2, 0.25) is 0 Å². The Hall–Kier alpha value is -1.85. The van der Waals surface area contributed by atoms with Gasteiger partial charge in [0.15, 0.2) is 0 Å². The molecule has 0 saturated carbocycles. The Morgan fingerprint density at radius 1 is 1.18 bits per heavy atom. The van der Waals surface area contributed by atoms with Gasteiger partial charge in [0.1, 0.15) is 12.1 Å². The summed E-state index contributed by atoms with van der Waals surface area (Å²) in [6.07, 6.45) is 9.59. The largest absolute Gasteiger partial charge is 0.374 e. The monoisotopic (exact) mass is 362 g/mol. The number of aromatic nitrogens is 5. The quantitative estimate of drug-likeness (QED) is 0.515. The summed E-state index contributed by atoms with van der Waals surface area (Å²) in [4.78, 5) is 8.58. The Kier molecular flexibility index (Phi) is 4.18. The predicted octanol–water partition coefficient (Wildman–Crippen LogP) is 2.59. The fraction of sp³-hybridized carbons (Fsp3) is 0.0625. The van der Waals surface area contributed by atoms with E-state index in [1.54, 1.807) is 17.2 Å². The second-order valence-electron chi connectivity index (χ2n) is 4.71. The van der Waals surface area contributed by atoms with Crippen molar-refractivity contribution < 1.29 is 32.7 Å². The summed E-state index contributed by atoms with van der Waals surface area (Å²) in [7, 11) is 0. The van der Waals surface area contributed by atoms with Crippen molar-refractivity contribution in [2.24, 2.45) is 0 Å². The van der Waals surface area contributed by atoms with E-state index in [4.69, 9.17) is 0 Å². The molecule has 0 aliphatic rings. The van der Waals surface area contributed by atoms with Crippen LogP contribution in [0.15, 0.2) is 48.9 Å². The molecule has 105 valence electrons. The Morgan fingerprint density at radius 3 is 2.86 bits per heavy atom. The van der Waals surface area contributed by atoms with Gasteiger partial charge in [-0.05, 0) is 12.1 Å². The summed E-state index contributed by atoms with van der Waals surface area (Å²) in [6, 6.07) is 11.8. The van der Waals surface area contributed by atoms with E-state index >= 15 is 0 Å². The first-order valence-corrected chi connectivity index (χ1v) is 6.57. The third-order valence-corrected chi connectivity index (χ3v) is 3.34. The van der Waals surface area contributed by atoms with Gasteiger partial charge >= 0.3 is 0 Å². The van der Waals surface area contributed by atoms with Gasteiger partial charge in [-0.2, -0.15) is 11.2 Å². The molecule has 0 spiro atoms. The third-order valence-electron chi connectivity index (χ3n) is 3.34. The van der Waals surface area contributed by atoms with Crippen LogP contribution >= 0.6 is 0 Å². The molecule has 3 heterocycles. The minimum Gasteiger partial charge on any atom is -0.374 e. The van der Waals surface area contributed by atoms with Crippen LogP contribution in [0.1, 0.15) is 12.5 Å². The molecule has 0 atom stereocenters. The van der Waals surface area contributed by atoms with E-state index in [0.717, 1.165) is 27.9 Å². The molecule has 4 aromatic rings. The molecule has 3 aromatic heterocycles. The average Bonchev–Trinajstić information content (AvgIpc) is 3.08. The number of para-hydroxylation sites is 2. The van der Waals surface area contributed by atoms with Crippen molar-refractivity contribution in [2.45, 2.75) is 6.92 Å². The molecule has 0 saturated heterocycles. The standard InChI is InChI=1S/C16H11N5.Y/c1-12(13-5-4-8-17-9-13)10-21-16-19-14-6-2-3-7-15(14)20(16)11-18-21;/h2-8,11H,1H3;/q-2;. The zero-order valence-electron chi connectivity index (χ0n) is 11.9. The van der Waals surface area contributed by atoms with Crippen molar-refractivity contribution in [1.29, 1.82) is 0 Å². The van der Waals surface area contributed by atoms with Gasteiger partial charge in [0.2, 0.25) is 0 Å². The van der Waals surface area contributed by atoms with Gasteiger partial charge < -0.3 is 14.1 Å². The number of rotatable bonds is 2. The number of imidazole rings is 1. The Balaban J connectivity index is 0.00000144. The van der Waals surface area contributed by atoms with Crippen molar-refractivity contribution in [2.75, 3.05) is 0 Å². The van der Waals surface area contributed by atoms with Crippen molar-refractivity contribution in [3.63, 3.8) is 0 Å². The zero-order valence-corrected chi connectivity index (χ0v) is 14.8. The summed E-state index contributed by atoms with van der Waals surface area (Å²) in [5.41, 5.74) is 3.77. The van der Waals surface area contributed by atoms with Crippen LogP contribution in [0.4, 0.5) is 0 Å². The van der Waals surface area contributed by atoms with Gasteiger partial charge in [-0.1, -0.05) is 25.3 Å². The van der Waals surface area contributed by atoms with Gasteiger partial charge in [0.25, 0.3) is 0 Å². The average molecular weight is 362 g/mol. The second kappa shape index (κ2) is 6.11. The van der Waals surface area contributed by atoms with Gasteiger partial charge in [-0.25, -0.2) is 11.1 Å². The number of pyridine rings is 1. The number of allylic oxidation sites excluding steroid dienone is 1. The zero-order chi connectivity index (χ0) is 14.2. The van der Waals surface area contributed by atoms with Crippen LogP contribution in [0.5, 0.6) is 0 Å². The van der Waals surface area contributed by atoms with E-state index in [2.05, 4.69) is 27.5 Å². The first kappa shape index (κ1) is 15.1. The molecule has 0 aliphatic heterocycles. The second-order valence-corrected chi connectivity index (χ2v) is 4.71. The van der Waals surface area contributed by atoms with E-state index in [0.29, 0.717) is 0 Å². The molecule has 0 aliphatic carbocycles. The summed E-state index contributed by atoms with van der Waals surface area (Å²) < 4.78 is 3.60. The molecule has 4 rings (SSSR count). The SMILES string of the molecule is CC(=[C-]n1ncn2c3ccccc3nc12)c1[c-]nccc1.[Y]. The van der Waals surface area contributed by atoms with Crippen molar-refractivity contribution in [3.8, 4) is 0 Å². The molecule has 0 bridgehead atoms. The maximum atomic E-state index is 4.58. The van der Waals surface area contributed by atoms with E-state index < -0.39 is 0 Å². The molecular formula is C16H11N5Y-2. The van der Waals surface area contributed by atoms with E-state index in [-0.39, 0.29) is 32.7 Å². The molecule has 0 amide bonds. The Labute approximate surface area is 152 Å².